The standard InChI is InChI=1S/C21H14O3S/c1-13-11-15(24-21(23)14-7-3-2-4-8-14)12-17-19(22)16-9-5-6-10-18(16)25-20(13)17/h2-12H,1H3. The van der Waals surface area contributed by atoms with Gasteiger partial charge in [-0.05, 0) is 48.9 Å². The molecule has 0 unspecified atom stereocenters. The van der Waals surface area contributed by atoms with Gasteiger partial charge in [-0.15, -0.1) is 11.3 Å². The van der Waals surface area contributed by atoms with Gasteiger partial charge in [0.15, 0.2) is 5.43 Å². The number of ether oxygens (including phenoxy) is 1. The molecule has 0 saturated carbocycles. The number of hydrogen-bond donors (Lipinski definition) is 0. The number of benzene rings is 3. The molecule has 4 heteroatoms. The summed E-state index contributed by atoms with van der Waals surface area (Å²) in [6.07, 6.45) is 0. The van der Waals surface area contributed by atoms with Gasteiger partial charge in [0, 0.05) is 20.2 Å². The highest BCUT2D eigenvalue weighted by Gasteiger charge is 2.13. The minimum Gasteiger partial charge on any atom is -0.423 e. The van der Waals surface area contributed by atoms with Crippen LogP contribution in [0.15, 0.2) is 71.5 Å². The molecule has 0 radical (unpaired) electrons. The normalized spacial score (nSPS) is 10.9. The van der Waals surface area contributed by atoms with Gasteiger partial charge in [0.2, 0.25) is 0 Å². The Morgan fingerprint density at radius 2 is 1.64 bits per heavy atom. The predicted molar refractivity (Wildman–Crippen MR) is 102 cm³/mol. The molecule has 0 spiro atoms. The van der Waals surface area contributed by atoms with Gasteiger partial charge in [-0.2, -0.15) is 0 Å². The number of carbonyl (C=O) groups is 1. The third-order valence-electron chi connectivity index (χ3n) is 4.06. The fraction of sp³-hybridized carbons (Fsp3) is 0.0476. The molecule has 0 fully saturated rings. The molecule has 4 rings (SSSR count). The molecule has 1 aromatic heterocycles. The minimum absolute atomic E-state index is 0.0370. The van der Waals surface area contributed by atoms with Crippen LogP contribution in [0.2, 0.25) is 0 Å². The van der Waals surface area contributed by atoms with Gasteiger partial charge < -0.3 is 4.74 Å². The summed E-state index contributed by atoms with van der Waals surface area (Å²) in [5.74, 6) is -0.0466. The second kappa shape index (κ2) is 6.15. The Labute approximate surface area is 148 Å². The Balaban J connectivity index is 1.84. The van der Waals surface area contributed by atoms with Gasteiger partial charge in [-0.3, -0.25) is 4.79 Å². The van der Waals surface area contributed by atoms with Crippen molar-refractivity contribution in [3.8, 4) is 5.75 Å². The van der Waals surface area contributed by atoms with Gasteiger partial charge in [-0.1, -0.05) is 30.3 Å². The molecule has 0 aliphatic rings. The van der Waals surface area contributed by atoms with Crippen molar-refractivity contribution < 1.29 is 9.53 Å². The number of rotatable bonds is 2. The molecule has 122 valence electrons. The second-order valence-electron chi connectivity index (χ2n) is 5.80. The SMILES string of the molecule is Cc1cc(OC(=O)c2ccccc2)cc2c(=O)c3ccccc3sc12. The van der Waals surface area contributed by atoms with Crippen LogP contribution in [0.1, 0.15) is 15.9 Å². The van der Waals surface area contributed by atoms with Gasteiger partial charge in [0.1, 0.15) is 5.75 Å². The molecule has 0 saturated heterocycles. The zero-order valence-corrected chi connectivity index (χ0v) is 14.3. The Hall–Kier alpha value is -2.98. The summed E-state index contributed by atoms with van der Waals surface area (Å²) >= 11 is 1.58. The zero-order valence-electron chi connectivity index (χ0n) is 13.5. The third-order valence-corrected chi connectivity index (χ3v) is 5.38. The molecule has 3 aromatic carbocycles. The zero-order chi connectivity index (χ0) is 17.4. The van der Waals surface area contributed by atoms with E-state index in [1.54, 1.807) is 47.7 Å². The van der Waals surface area contributed by atoms with Crippen molar-refractivity contribution >= 4 is 37.5 Å². The summed E-state index contributed by atoms with van der Waals surface area (Å²) < 4.78 is 7.36. The summed E-state index contributed by atoms with van der Waals surface area (Å²) in [7, 11) is 0. The lowest BCUT2D eigenvalue weighted by Crippen LogP contribution is -2.09. The molecule has 0 bridgehead atoms. The van der Waals surface area contributed by atoms with Crippen molar-refractivity contribution in [3.05, 3.63) is 88.1 Å². The smallest absolute Gasteiger partial charge is 0.343 e. The largest absolute Gasteiger partial charge is 0.423 e. The Kier molecular flexibility index (Phi) is 3.82. The molecule has 0 aliphatic carbocycles. The second-order valence-corrected chi connectivity index (χ2v) is 6.85. The summed E-state index contributed by atoms with van der Waals surface area (Å²) in [5.41, 5.74) is 1.36. The van der Waals surface area contributed by atoms with E-state index in [0.29, 0.717) is 22.1 Å². The van der Waals surface area contributed by atoms with Crippen LogP contribution in [-0.2, 0) is 0 Å². The Morgan fingerprint density at radius 1 is 0.920 bits per heavy atom. The molecular formula is C21H14O3S. The molecule has 4 aromatic rings. The lowest BCUT2D eigenvalue weighted by Gasteiger charge is -2.08. The van der Waals surface area contributed by atoms with Gasteiger partial charge in [0.05, 0.1) is 5.56 Å². The van der Waals surface area contributed by atoms with Gasteiger partial charge in [0.25, 0.3) is 0 Å². The van der Waals surface area contributed by atoms with Crippen LogP contribution in [0.3, 0.4) is 0 Å². The van der Waals surface area contributed by atoms with Crippen LogP contribution in [0.4, 0.5) is 0 Å². The van der Waals surface area contributed by atoms with Gasteiger partial charge in [-0.25, -0.2) is 4.79 Å². The van der Waals surface area contributed by atoms with E-state index in [0.717, 1.165) is 15.0 Å². The minimum atomic E-state index is -0.434. The van der Waals surface area contributed by atoms with E-state index in [2.05, 4.69) is 0 Å². The fourth-order valence-corrected chi connectivity index (χ4v) is 3.96. The van der Waals surface area contributed by atoms with Crippen LogP contribution < -0.4 is 10.2 Å². The first-order chi connectivity index (χ1) is 12.1. The maximum absolute atomic E-state index is 12.8. The molecule has 1 heterocycles. The van der Waals surface area contributed by atoms with Gasteiger partial charge >= 0.3 is 5.97 Å². The van der Waals surface area contributed by atoms with Crippen molar-refractivity contribution in [1.82, 2.24) is 0 Å². The van der Waals surface area contributed by atoms with E-state index in [1.165, 1.54) is 0 Å². The topological polar surface area (TPSA) is 43.4 Å². The highest BCUT2D eigenvalue weighted by atomic mass is 32.1. The molecule has 3 nitrogen and oxygen atoms in total. The first-order valence-electron chi connectivity index (χ1n) is 7.87. The number of carbonyl (C=O) groups excluding carboxylic acids is 1. The fourth-order valence-electron chi connectivity index (χ4n) is 2.84. The molecular weight excluding hydrogens is 332 g/mol. The predicted octanol–water partition coefficient (Wildman–Crippen LogP) is 4.94. The van der Waals surface area contributed by atoms with Crippen molar-refractivity contribution in [2.24, 2.45) is 0 Å². The van der Waals surface area contributed by atoms with E-state index in [9.17, 15) is 9.59 Å². The number of aryl methyl sites for hydroxylation is 1. The van der Waals surface area contributed by atoms with Crippen LogP contribution in [0.5, 0.6) is 5.75 Å². The monoisotopic (exact) mass is 346 g/mol. The van der Waals surface area contributed by atoms with Crippen LogP contribution in [-0.4, -0.2) is 5.97 Å². The number of hydrogen-bond acceptors (Lipinski definition) is 4. The van der Waals surface area contributed by atoms with E-state index >= 15 is 0 Å². The summed E-state index contributed by atoms with van der Waals surface area (Å²) in [5, 5.41) is 1.27. The molecule has 0 amide bonds. The van der Waals surface area contributed by atoms with E-state index in [-0.39, 0.29) is 5.43 Å². The van der Waals surface area contributed by atoms with Crippen molar-refractivity contribution in [3.63, 3.8) is 0 Å². The third kappa shape index (κ3) is 2.81. The Bertz CT molecular complexity index is 1160. The lowest BCUT2D eigenvalue weighted by molar-refractivity contribution is 0.0735. The summed E-state index contributed by atoms with van der Waals surface area (Å²) in [4.78, 5) is 25.1. The van der Waals surface area contributed by atoms with E-state index < -0.39 is 5.97 Å². The highest BCUT2D eigenvalue weighted by molar-refractivity contribution is 7.24. The maximum Gasteiger partial charge on any atom is 0.343 e. The van der Waals surface area contributed by atoms with Crippen LogP contribution >= 0.6 is 11.3 Å². The molecule has 0 atom stereocenters. The van der Waals surface area contributed by atoms with E-state index in [4.69, 9.17) is 4.74 Å². The quantitative estimate of drug-likeness (QED) is 0.293. The summed E-state index contributed by atoms with van der Waals surface area (Å²) in [6.45, 7) is 1.92. The maximum atomic E-state index is 12.8. The molecule has 0 aliphatic heterocycles. The van der Waals surface area contributed by atoms with Crippen molar-refractivity contribution in [2.45, 2.75) is 6.92 Å². The molecule has 0 N–H and O–H groups in total. The first-order valence-corrected chi connectivity index (χ1v) is 8.68. The Morgan fingerprint density at radius 3 is 2.44 bits per heavy atom. The lowest BCUT2D eigenvalue weighted by atomic mass is 10.1. The van der Waals surface area contributed by atoms with Crippen LogP contribution in [0.25, 0.3) is 20.2 Å². The number of fused-ring (bicyclic) bond motifs is 2. The average Bonchev–Trinajstić information content (AvgIpc) is 2.64. The van der Waals surface area contributed by atoms with Crippen molar-refractivity contribution in [1.29, 1.82) is 0 Å². The average molecular weight is 346 g/mol. The molecule has 25 heavy (non-hydrogen) atoms. The van der Waals surface area contributed by atoms with E-state index in [1.807, 2.05) is 37.3 Å². The van der Waals surface area contributed by atoms with Crippen molar-refractivity contribution in [2.75, 3.05) is 0 Å². The number of esters is 1. The van der Waals surface area contributed by atoms with Crippen LogP contribution in [0, 0.1) is 6.92 Å². The summed E-state index contributed by atoms with van der Waals surface area (Å²) in [6, 6.07) is 19.8. The highest BCUT2D eigenvalue weighted by Crippen LogP contribution is 2.30. The first kappa shape index (κ1) is 15.5.